The highest BCUT2D eigenvalue weighted by Gasteiger charge is 2.20. The fraction of sp³-hybridized carbons (Fsp3) is 0.923. The molecule has 1 saturated carbocycles. The van der Waals surface area contributed by atoms with E-state index in [9.17, 15) is 4.79 Å². The molecule has 1 atom stereocenters. The molecule has 94 valence electrons. The molecule has 1 amide bonds. The van der Waals surface area contributed by atoms with E-state index < -0.39 is 0 Å². The third-order valence-corrected chi connectivity index (χ3v) is 3.62. The van der Waals surface area contributed by atoms with Crippen molar-refractivity contribution >= 4 is 17.5 Å². The topological polar surface area (TPSA) is 29.1 Å². The molecule has 0 aromatic heterocycles. The van der Waals surface area contributed by atoms with Crippen LogP contribution in [0.25, 0.3) is 0 Å². The lowest BCUT2D eigenvalue weighted by Crippen LogP contribution is -2.37. The van der Waals surface area contributed by atoms with Gasteiger partial charge in [0.1, 0.15) is 0 Å². The van der Waals surface area contributed by atoms with Crippen molar-refractivity contribution in [2.24, 2.45) is 5.92 Å². The molecule has 0 bridgehead atoms. The van der Waals surface area contributed by atoms with Gasteiger partial charge in [0, 0.05) is 17.8 Å². The van der Waals surface area contributed by atoms with E-state index in [1.54, 1.807) is 0 Å². The number of nitrogens with one attached hydrogen (secondary N) is 1. The number of amides is 1. The van der Waals surface area contributed by atoms with Crippen molar-refractivity contribution in [2.75, 3.05) is 5.88 Å². The minimum Gasteiger partial charge on any atom is -0.353 e. The third kappa shape index (κ3) is 5.20. The Balaban J connectivity index is 2.32. The fourth-order valence-corrected chi connectivity index (χ4v) is 2.64. The zero-order valence-electron chi connectivity index (χ0n) is 10.3. The smallest absolute Gasteiger partial charge is 0.223 e. The standard InChI is InChI=1S/C13H24ClNO/c1-11(9-10-14)15-13(16)12-7-5-3-2-4-6-8-12/h11-12H,2-10H2,1H3,(H,15,16). The molecule has 1 unspecified atom stereocenters. The molecule has 0 spiro atoms. The van der Waals surface area contributed by atoms with Gasteiger partial charge in [-0.3, -0.25) is 4.79 Å². The van der Waals surface area contributed by atoms with Crippen molar-refractivity contribution < 1.29 is 4.79 Å². The molecule has 0 aliphatic heterocycles. The maximum Gasteiger partial charge on any atom is 0.223 e. The van der Waals surface area contributed by atoms with Crippen molar-refractivity contribution in [3.8, 4) is 0 Å². The Bertz CT molecular complexity index is 200. The molecule has 3 heteroatoms. The van der Waals surface area contributed by atoms with Crippen molar-refractivity contribution in [3.05, 3.63) is 0 Å². The molecule has 0 heterocycles. The molecule has 0 saturated heterocycles. The number of rotatable bonds is 4. The van der Waals surface area contributed by atoms with Crippen LogP contribution in [0.1, 0.15) is 58.3 Å². The Labute approximate surface area is 104 Å². The number of carbonyl (C=O) groups is 1. The van der Waals surface area contributed by atoms with Crippen LogP contribution in [0, 0.1) is 5.92 Å². The molecule has 0 aromatic carbocycles. The van der Waals surface area contributed by atoms with E-state index in [1.807, 2.05) is 6.92 Å². The summed E-state index contributed by atoms with van der Waals surface area (Å²) in [5.41, 5.74) is 0. The molecule has 1 N–H and O–H groups in total. The molecule has 1 aliphatic carbocycles. The molecular weight excluding hydrogens is 222 g/mol. The lowest BCUT2D eigenvalue weighted by Gasteiger charge is -2.21. The second kappa shape index (κ2) is 7.94. The fourth-order valence-electron chi connectivity index (χ4n) is 2.31. The first-order chi connectivity index (χ1) is 7.74. The molecule has 16 heavy (non-hydrogen) atoms. The second-order valence-electron chi connectivity index (χ2n) is 4.93. The summed E-state index contributed by atoms with van der Waals surface area (Å²) in [5.74, 6) is 1.11. The van der Waals surface area contributed by atoms with Crippen LogP contribution in [-0.4, -0.2) is 17.8 Å². The number of hydrogen-bond acceptors (Lipinski definition) is 1. The summed E-state index contributed by atoms with van der Waals surface area (Å²) < 4.78 is 0. The highest BCUT2D eigenvalue weighted by molar-refractivity contribution is 6.17. The number of hydrogen-bond donors (Lipinski definition) is 1. The highest BCUT2D eigenvalue weighted by atomic mass is 35.5. The van der Waals surface area contributed by atoms with E-state index in [0.29, 0.717) is 5.88 Å². The summed E-state index contributed by atoms with van der Waals surface area (Å²) in [6, 6.07) is 0.218. The van der Waals surface area contributed by atoms with Crippen LogP contribution in [-0.2, 0) is 4.79 Å². The van der Waals surface area contributed by atoms with Crippen molar-refractivity contribution in [1.29, 1.82) is 0 Å². The zero-order valence-corrected chi connectivity index (χ0v) is 11.1. The highest BCUT2D eigenvalue weighted by Crippen LogP contribution is 2.22. The van der Waals surface area contributed by atoms with Crippen LogP contribution < -0.4 is 5.32 Å². The summed E-state index contributed by atoms with van der Waals surface area (Å²) in [7, 11) is 0. The number of carbonyl (C=O) groups excluding carboxylic acids is 1. The predicted octanol–water partition coefficient (Wildman–Crippen LogP) is 3.48. The van der Waals surface area contributed by atoms with Gasteiger partial charge in [-0.1, -0.05) is 32.1 Å². The Morgan fingerprint density at radius 1 is 1.25 bits per heavy atom. The Hall–Kier alpha value is -0.240. The zero-order chi connectivity index (χ0) is 11.8. The summed E-state index contributed by atoms with van der Waals surface area (Å²) in [6.45, 7) is 2.03. The summed E-state index contributed by atoms with van der Waals surface area (Å²) in [4.78, 5) is 12.0. The molecule has 2 nitrogen and oxygen atoms in total. The van der Waals surface area contributed by atoms with Gasteiger partial charge in [0.15, 0.2) is 0 Å². The lowest BCUT2D eigenvalue weighted by molar-refractivity contribution is -0.126. The summed E-state index contributed by atoms with van der Waals surface area (Å²) >= 11 is 5.66. The van der Waals surface area contributed by atoms with Crippen LogP contribution in [0.15, 0.2) is 0 Å². The van der Waals surface area contributed by atoms with E-state index in [4.69, 9.17) is 11.6 Å². The van der Waals surface area contributed by atoms with Crippen LogP contribution >= 0.6 is 11.6 Å². The van der Waals surface area contributed by atoms with Gasteiger partial charge in [-0.2, -0.15) is 0 Å². The van der Waals surface area contributed by atoms with Gasteiger partial charge in [0.2, 0.25) is 5.91 Å². The molecular formula is C13H24ClNO. The van der Waals surface area contributed by atoms with Crippen molar-refractivity contribution in [1.82, 2.24) is 5.32 Å². The maximum atomic E-state index is 12.0. The molecule has 1 rings (SSSR count). The van der Waals surface area contributed by atoms with E-state index in [1.165, 1.54) is 32.1 Å². The Morgan fingerprint density at radius 2 is 1.81 bits per heavy atom. The van der Waals surface area contributed by atoms with Crippen LogP contribution in [0.3, 0.4) is 0 Å². The normalized spacial score (nSPS) is 20.9. The first-order valence-corrected chi connectivity index (χ1v) is 7.14. The minimum absolute atomic E-state index is 0.218. The van der Waals surface area contributed by atoms with E-state index in [0.717, 1.165) is 19.3 Å². The first-order valence-electron chi connectivity index (χ1n) is 6.60. The lowest BCUT2D eigenvalue weighted by atomic mass is 9.90. The number of halogens is 1. The molecule has 0 aromatic rings. The quantitative estimate of drug-likeness (QED) is 0.755. The average Bonchev–Trinajstić information content (AvgIpc) is 2.16. The van der Waals surface area contributed by atoms with Gasteiger partial charge in [0.25, 0.3) is 0 Å². The Kier molecular flexibility index (Phi) is 6.86. The monoisotopic (exact) mass is 245 g/mol. The van der Waals surface area contributed by atoms with Gasteiger partial charge in [0.05, 0.1) is 0 Å². The van der Waals surface area contributed by atoms with Gasteiger partial charge in [-0.25, -0.2) is 0 Å². The Morgan fingerprint density at radius 3 is 2.38 bits per heavy atom. The largest absolute Gasteiger partial charge is 0.353 e. The average molecular weight is 246 g/mol. The molecule has 0 radical (unpaired) electrons. The molecule has 1 aliphatic rings. The summed E-state index contributed by atoms with van der Waals surface area (Å²) in [5, 5.41) is 3.08. The number of alkyl halides is 1. The second-order valence-corrected chi connectivity index (χ2v) is 5.31. The van der Waals surface area contributed by atoms with E-state index in [-0.39, 0.29) is 17.9 Å². The molecule has 1 fully saturated rings. The van der Waals surface area contributed by atoms with Crippen LogP contribution in [0.2, 0.25) is 0 Å². The SMILES string of the molecule is CC(CCCl)NC(=O)C1CCCCCCC1. The predicted molar refractivity (Wildman–Crippen MR) is 68.8 cm³/mol. The van der Waals surface area contributed by atoms with Gasteiger partial charge >= 0.3 is 0 Å². The first kappa shape index (κ1) is 13.8. The van der Waals surface area contributed by atoms with Gasteiger partial charge in [-0.05, 0) is 26.2 Å². The van der Waals surface area contributed by atoms with E-state index >= 15 is 0 Å². The van der Waals surface area contributed by atoms with Crippen molar-refractivity contribution in [3.63, 3.8) is 0 Å². The maximum absolute atomic E-state index is 12.0. The van der Waals surface area contributed by atoms with E-state index in [2.05, 4.69) is 5.32 Å². The third-order valence-electron chi connectivity index (χ3n) is 3.41. The van der Waals surface area contributed by atoms with Gasteiger partial charge in [-0.15, -0.1) is 11.6 Å². The summed E-state index contributed by atoms with van der Waals surface area (Å²) in [6.07, 6.45) is 9.35. The van der Waals surface area contributed by atoms with Crippen LogP contribution in [0.4, 0.5) is 0 Å². The van der Waals surface area contributed by atoms with Gasteiger partial charge < -0.3 is 5.32 Å². The van der Waals surface area contributed by atoms with Crippen LogP contribution in [0.5, 0.6) is 0 Å². The minimum atomic E-state index is 0.218. The van der Waals surface area contributed by atoms with Crippen molar-refractivity contribution in [2.45, 2.75) is 64.3 Å².